The zero-order valence-electron chi connectivity index (χ0n) is 12.2. The first kappa shape index (κ1) is 14.8. The van der Waals surface area contributed by atoms with Crippen LogP contribution in [0.2, 0.25) is 0 Å². The predicted octanol–water partition coefficient (Wildman–Crippen LogP) is 2.74. The van der Waals surface area contributed by atoms with Crippen LogP contribution in [0.1, 0.15) is 0 Å². The van der Waals surface area contributed by atoms with E-state index in [1.165, 1.54) is 0 Å². The first-order chi connectivity index (χ1) is 10.2. The van der Waals surface area contributed by atoms with Crippen molar-refractivity contribution in [3.63, 3.8) is 0 Å². The van der Waals surface area contributed by atoms with Crippen LogP contribution in [0.5, 0.6) is 23.0 Å². The topological polar surface area (TPSA) is 62.9 Å². The Hall–Kier alpha value is -2.56. The molecule has 0 amide bonds. The fourth-order valence-corrected chi connectivity index (χ4v) is 1.87. The number of methoxy groups -OCH3 is 2. The Morgan fingerprint density at radius 2 is 1.48 bits per heavy atom. The number of hydrogen-bond donors (Lipinski definition) is 1. The molecule has 0 fully saturated rings. The lowest BCUT2D eigenvalue weighted by molar-refractivity contribution is 0.205. The van der Waals surface area contributed by atoms with Crippen LogP contribution >= 0.6 is 0 Å². The van der Waals surface area contributed by atoms with Gasteiger partial charge in [-0.25, -0.2) is 0 Å². The molecule has 0 saturated heterocycles. The van der Waals surface area contributed by atoms with Crippen LogP contribution in [-0.4, -0.2) is 27.4 Å². The van der Waals surface area contributed by atoms with Gasteiger partial charge in [0, 0.05) is 11.8 Å². The van der Waals surface area contributed by atoms with Gasteiger partial charge in [-0.05, 0) is 24.3 Å². The Bertz CT molecular complexity index is 564. The van der Waals surface area contributed by atoms with Gasteiger partial charge in [-0.2, -0.15) is 0 Å². The Balaban J connectivity index is 1.91. The van der Waals surface area contributed by atoms with Crippen LogP contribution < -0.4 is 24.7 Å². The molecule has 0 aromatic heterocycles. The SMILES string of the molecule is COc1cccc(OC)c1OCCOc1cccc(N)c1. The Kier molecular flexibility index (Phi) is 5.15. The summed E-state index contributed by atoms with van der Waals surface area (Å²) in [5, 5.41) is 0. The molecule has 5 heteroatoms. The minimum Gasteiger partial charge on any atom is -0.493 e. The second kappa shape index (κ2) is 7.28. The number of anilines is 1. The molecular weight excluding hydrogens is 270 g/mol. The van der Waals surface area contributed by atoms with E-state index in [0.717, 1.165) is 0 Å². The van der Waals surface area contributed by atoms with E-state index in [1.54, 1.807) is 20.3 Å². The molecule has 21 heavy (non-hydrogen) atoms. The Labute approximate surface area is 124 Å². The monoisotopic (exact) mass is 289 g/mol. The molecule has 5 nitrogen and oxygen atoms in total. The molecule has 0 saturated carbocycles. The fourth-order valence-electron chi connectivity index (χ4n) is 1.87. The van der Waals surface area contributed by atoms with Crippen LogP contribution in [-0.2, 0) is 0 Å². The Morgan fingerprint density at radius 3 is 2.10 bits per heavy atom. The highest BCUT2D eigenvalue weighted by molar-refractivity contribution is 5.51. The molecule has 0 spiro atoms. The average Bonchev–Trinajstić information content (AvgIpc) is 2.51. The molecule has 0 unspecified atom stereocenters. The second-order valence-electron chi connectivity index (χ2n) is 4.26. The van der Waals surface area contributed by atoms with Crippen molar-refractivity contribution in [1.29, 1.82) is 0 Å². The molecular formula is C16H19NO4. The maximum Gasteiger partial charge on any atom is 0.203 e. The van der Waals surface area contributed by atoms with Gasteiger partial charge in [-0.15, -0.1) is 0 Å². The van der Waals surface area contributed by atoms with Gasteiger partial charge in [0.05, 0.1) is 14.2 Å². The van der Waals surface area contributed by atoms with Gasteiger partial charge in [0.1, 0.15) is 19.0 Å². The van der Waals surface area contributed by atoms with Crippen molar-refractivity contribution < 1.29 is 18.9 Å². The van der Waals surface area contributed by atoms with Crippen LogP contribution in [0.4, 0.5) is 5.69 Å². The van der Waals surface area contributed by atoms with Gasteiger partial charge in [0.15, 0.2) is 11.5 Å². The van der Waals surface area contributed by atoms with Gasteiger partial charge in [0.2, 0.25) is 5.75 Å². The van der Waals surface area contributed by atoms with E-state index in [1.807, 2.05) is 36.4 Å². The van der Waals surface area contributed by atoms with Gasteiger partial charge in [-0.3, -0.25) is 0 Å². The molecule has 2 aromatic rings. The van der Waals surface area contributed by atoms with Crippen molar-refractivity contribution in [3.8, 4) is 23.0 Å². The first-order valence-electron chi connectivity index (χ1n) is 6.56. The minimum atomic E-state index is 0.367. The average molecular weight is 289 g/mol. The molecule has 0 atom stereocenters. The third-order valence-electron chi connectivity index (χ3n) is 2.84. The lowest BCUT2D eigenvalue weighted by Gasteiger charge is -2.14. The van der Waals surface area contributed by atoms with Crippen LogP contribution in [0.25, 0.3) is 0 Å². The molecule has 112 valence electrons. The van der Waals surface area contributed by atoms with E-state index in [9.17, 15) is 0 Å². The molecule has 0 aliphatic heterocycles. The standard InChI is InChI=1S/C16H19NO4/c1-18-14-7-4-8-15(19-2)16(14)21-10-9-20-13-6-3-5-12(17)11-13/h3-8,11H,9-10,17H2,1-2H3. The number of benzene rings is 2. The highest BCUT2D eigenvalue weighted by Crippen LogP contribution is 2.36. The van der Waals surface area contributed by atoms with Gasteiger partial charge < -0.3 is 24.7 Å². The fraction of sp³-hybridized carbons (Fsp3) is 0.250. The van der Waals surface area contributed by atoms with E-state index in [2.05, 4.69) is 0 Å². The molecule has 2 rings (SSSR count). The lowest BCUT2D eigenvalue weighted by atomic mass is 10.3. The highest BCUT2D eigenvalue weighted by atomic mass is 16.6. The number of nitrogen functional groups attached to an aromatic ring is 1. The number of ether oxygens (including phenoxy) is 4. The number of para-hydroxylation sites is 1. The zero-order valence-corrected chi connectivity index (χ0v) is 12.2. The van der Waals surface area contributed by atoms with Crippen LogP contribution in [0.3, 0.4) is 0 Å². The summed E-state index contributed by atoms with van der Waals surface area (Å²) in [6.45, 7) is 0.760. The van der Waals surface area contributed by atoms with Crippen molar-refractivity contribution in [2.24, 2.45) is 0 Å². The molecule has 0 aliphatic carbocycles. The van der Waals surface area contributed by atoms with E-state index >= 15 is 0 Å². The van der Waals surface area contributed by atoms with E-state index in [-0.39, 0.29) is 0 Å². The first-order valence-corrected chi connectivity index (χ1v) is 6.56. The molecule has 2 N–H and O–H groups in total. The lowest BCUT2D eigenvalue weighted by Crippen LogP contribution is -2.10. The third-order valence-corrected chi connectivity index (χ3v) is 2.84. The summed E-state index contributed by atoms with van der Waals surface area (Å²) in [6, 6.07) is 12.7. The number of rotatable bonds is 7. The van der Waals surface area contributed by atoms with Gasteiger partial charge in [-0.1, -0.05) is 12.1 Å². The third kappa shape index (κ3) is 3.95. The number of nitrogens with two attached hydrogens (primary N) is 1. The summed E-state index contributed by atoms with van der Waals surface area (Å²) in [4.78, 5) is 0. The summed E-state index contributed by atoms with van der Waals surface area (Å²) < 4.78 is 21.8. The van der Waals surface area contributed by atoms with Gasteiger partial charge in [0.25, 0.3) is 0 Å². The molecule has 2 aromatic carbocycles. The van der Waals surface area contributed by atoms with Crippen LogP contribution in [0.15, 0.2) is 42.5 Å². The number of hydrogen-bond acceptors (Lipinski definition) is 5. The quantitative estimate of drug-likeness (QED) is 0.627. The van der Waals surface area contributed by atoms with Crippen molar-refractivity contribution in [1.82, 2.24) is 0 Å². The summed E-state index contributed by atoms with van der Waals surface area (Å²) in [5.74, 6) is 2.53. The van der Waals surface area contributed by atoms with E-state index in [0.29, 0.717) is 41.9 Å². The van der Waals surface area contributed by atoms with E-state index in [4.69, 9.17) is 24.7 Å². The highest BCUT2D eigenvalue weighted by Gasteiger charge is 2.10. The second-order valence-corrected chi connectivity index (χ2v) is 4.26. The van der Waals surface area contributed by atoms with Crippen molar-refractivity contribution in [3.05, 3.63) is 42.5 Å². The zero-order chi connectivity index (χ0) is 15.1. The van der Waals surface area contributed by atoms with E-state index < -0.39 is 0 Å². The maximum absolute atomic E-state index is 5.70. The molecule has 0 radical (unpaired) electrons. The summed E-state index contributed by atoms with van der Waals surface area (Å²) in [6.07, 6.45) is 0. The Morgan fingerprint density at radius 1 is 0.857 bits per heavy atom. The molecule has 0 heterocycles. The summed E-state index contributed by atoms with van der Waals surface area (Å²) in [7, 11) is 3.18. The van der Waals surface area contributed by atoms with Crippen molar-refractivity contribution in [2.75, 3.05) is 33.2 Å². The van der Waals surface area contributed by atoms with Crippen molar-refractivity contribution in [2.45, 2.75) is 0 Å². The normalized spacial score (nSPS) is 10.0. The van der Waals surface area contributed by atoms with Gasteiger partial charge >= 0.3 is 0 Å². The van der Waals surface area contributed by atoms with Crippen molar-refractivity contribution >= 4 is 5.69 Å². The predicted molar refractivity (Wildman–Crippen MR) is 81.4 cm³/mol. The maximum atomic E-state index is 5.70. The summed E-state index contributed by atoms with van der Waals surface area (Å²) in [5.41, 5.74) is 6.35. The smallest absolute Gasteiger partial charge is 0.203 e. The minimum absolute atomic E-state index is 0.367. The molecule has 0 bridgehead atoms. The largest absolute Gasteiger partial charge is 0.493 e. The summed E-state index contributed by atoms with van der Waals surface area (Å²) >= 11 is 0. The molecule has 0 aliphatic rings. The van der Waals surface area contributed by atoms with Crippen LogP contribution in [0, 0.1) is 0 Å².